The van der Waals surface area contributed by atoms with Crippen molar-refractivity contribution in [1.82, 2.24) is 0 Å². The van der Waals surface area contributed by atoms with Crippen molar-refractivity contribution in [2.24, 2.45) is 5.41 Å². The fourth-order valence-corrected chi connectivity index (χ4v) is 1.34. The van der Waals surface area contributed by atoms with E-state index in [4.69, 9.17) is 16.3 Å². The molecule has 0 aromatic heterocycles. The van der Waals surface area contributed by atoms with Gasteiger partial charge in [0.2, 0.25) is 5.24 Å². The largest absolute Gasteiger partial charge is 0.492 e. The van der Waals surface area contributed by atoms with Gasteiger partial charge in [-0.25, -0.2) is 0 Å². The smallest absolute Gasteiger partial charge is 0.230 e. The minimum Gasteiger partial charge on any atom is -0.492 e. The molecule has 1 rings (SSSR count). The molecular weight excluding hydrogens is 236 g/mol. The zero-order chi connectivity index (χ0) is 12.9. The molecule has 0 heterocycles. The molecule has 0 saturated heterocycles. The molecule has 0 aliphatic carbocycles. The van der Waals surface area contributed by atoms with Crippen molar-refractivity contribution in [3.8, 4) is 5.75 Å². The summed E-state index contributed by atoms with van der Waals surface area (Å²) in [5.74, 6) is 0.776. The maximum atomic E-state index is 11.2. The van der Waals surface area contributed by atoms with Gasteiger partial charge in [0, 0.05) is 0 Å². The van der Waals surface area contributed by atoms with Crippen LogP contribution in [0.2, 0.25) is 0 Å². The van der Waals surface area contributed by atoms with Gasteiger partial charge in [-0.05, 0) is 43.5 Å². The zero-order valence-corrected chi connectivity index (χ0v) is 11.0. The lowest BCUT2D eigenvalue weighted by molar-refractivity contribution is -0.120. The number of para-hydroxylation sites is 1. The van der Waals surface area contributed by atoms with Crippen molar-refractivity contribution in [1.29, 1.82) is 0 Å². The third kappa shape index (κ3) is 3.90. The van der Waals surface area contributed by atoms with E-state index in [0.717, 1.165) is 17.7 Å². The minimum atomic E-state index is -0.678. The van der Waals surface area contributed by atoms with Gasteiger partial charge in [0.25, 0.3) is 0 Å². The van der Waals surface area contributed by atoms with Gasteiger partial charge >= 0.3 is 0 Å². The maximum absolute atomic E-state index is 11.2. The van der Waals surface area contributed by atoms with Crippen molar-refractivity contribution in [2.75, 3.05) is 6.61 Å². The fraction of sp³-hybridized carbons (Fsp3) is 0.357. The zero-order valence-electron chi connectivity index (χ0n) is 10.2. The van der Waals surface area contributed by atoms with Crippen LogP contribution in [0.4, 0.5) is 0 Å². The van der Waals surface area contributed by atoms with Crippen LogP contribution in [0.5, 0.6) is 5.75 Å². The quantitative estimate of drug-likeness (QED) is 0.571. The van der Waals surface area contributed by atoms with Gasteiger partial charge in [-0.2, -0.15) is 0 Å². The molecule has 0 aliphatic rings. The Morgan fingerprint density at radius 2 is 2.12 bits per heavy atom. The number of carbonyl (C=O) groups is 1. The highest BCUT2D eigenvalue weighted by molar-refractivity contribution is 6.64. The van der Waals surface area contributed by atoms with Gasteiger partial charge in [-0.1, -0.05) is 24.3 Å². The molecule has 0 radical (unpaired) electrons. The summed E-state index contributed by atoms with van der Waals surface area (Å²) in [5, 5.41) is -0.390. The van der Waals surface area contributed by atoms with Crippen LogP contribution in [0.25, 0.3) is 0 Å². The summed E-state index contributed by atoms with van der Waals surface area (Å²) in [6.07, 6.45) is 2.56. The first-order chi connectivity index (χ1) is 7.97. The van der Waals surface area contributed by atoms with E-state index < -0.39 is 10.7 Å². The Balaban J connectivity index is 2.75. The Morgan fingerprint density at radius 1 is 1.47 bits per heavy atom. The van der Waals surface area contributed by atoms with Crippen LogP contribution in [-0.4, -0.2) is 11.8 Å². The van der Waals surface area contributed by atoms with Crippen molar-refractivity contribution in [2.45, 2.75) is 20.3 Å². The fourth-order valence-electron chi connectivity index (χ4n) is 1.28. The van der Waals surface area contributed by atoms with Crippen LogP contribution in [-0.2, 0) is 11.2 Å². The lowest BCUT2D eigenvalue weighted by Crippen LogP contribution is -2.27. The van der Waals surface area contributed by atoms with E-state index in [0.29, 0.717) is 0 Å². The minimum absolute atomic E-state index is 0.267. The van der Waals surface area contributed by atoms with Crippen molar-refractivity contribution < 1.29 is 9.53 Å². The topological polar surface area (TPSA) is 26.3 Å². The highest BCUT2D eigenvalue weighted by Crippen LogP contribution is 2.24. The van der Waals surface area contributed by atoms with Crippen LogP contribution in [0.15, 0.2) is 36.9 Å². The molecule has 17 heavy (non-hydrogen) atoms. The number of benzene rings is 1. The molecular formula is C14H17ClO2. The predicted octanol–water partition coefficient (Wildman–Crippen LogP) is 3.59. The molecule has 3 heteroatoms. The third-order valence-electron chi connectivity index (χ3n) is 2.46. The van der Waals surface area contributed by atoms with E-state index in [1.54, 1.807) is 13.8 Å². The molecule has 0 spiro atoms. The van der Waals surface area contributed by atoms with Crippen LogP contribution in [0, 0.1) is 5.41 Å². The van der Waals surface area contributed by atoms with E-state index in [1.807, 2.05) is 30.3 Å². The molecule has 1 aromatic rings. The molecule has 1 aromatic carbocycles. The van der Waals surface area contributed by atoms with E-state index in [9.17, 15) is 4.79 Å². The number of ether oxygens (including phenoxy) is 1. The molecule has 92 valence electrons. The molecule has 0 amide bonds. The molecule has 0 fully saturated rings. The van der Waals surface area contributed by atoms with E-state index in [1.165, 1.54) is 0 Å². The molecule has 0 aliphatic heterocycles. The lowest BCUT2D eigenvalue weighted by Gasteiger charge is -2.21. The van der Waals surface area contributed by atoms with E-state index >= 15 is 0 Å². The average Bonchev–Trinajstić information content (AvgIpc) is 2.28. The van der Waals surface area contributed by atoms with Crippen molar-refractivity contribution in [3.63, 3.8) is 0 Å². The highest BCUT2D eigenvalue weighted by Gasteiger charge is 2.27. The first-order valence-corrected chi connectivity index (χ1v) is 5.86. The second-order valence-electron chi connectivity index (χ2n) is 4.55. The van der Waals surface area contributed by atoms with Crippen LogP contribution < -0.4 is 4.74 Å². The molecule has 0 saturated carbocycles. The second-order valence-corrected chi connectivity index (χ2v) is 4.89. The predicted molar refractivity (Wildman–Crippen MR) is 70.5 cm³/mol. The molecule has 0 atom stereocenters. The summed E-state index contributed by atoms with van der Waals surface area (Å²) in [6, 6.07) is 7.71. The van der Waals surface area contributed by atoms with Crippen LogP contribution >= 0.6 is 11.6 Å². The summed E-state index contributed by atoms with van der Waals surface area (Å²) < 4.78 is 5.66. The monoisotopic (exact) mass is 252 g/mol. The molecule has 0 bridgehead atoms. The Morgan fingerprint density at radius 3 is 2.71 bits per heavy atom. The van der Waals surface area contributed by atoms with Crippen molar-refractivity contribution in [3.05, 3.63) is 42.5 Å². The summed E-state index contributed by atoms with van der Waals surface area (Å²) in [4.78, 5) is 11.2. The van der Waals surface area contributed by atoms with Gasteiger partial charge in [-0.15, -0.1) is 6.58 Å². The Labute approximate surface area is 107 Å². The average molecular weight is 253 g/mol. The summed E-state index contributed by atoms with van der Waals surface area (Å²) >= 11 is 5.50. The molecule has 0 N–H and O–H groups in total. The number of allylic oxidation sites excluding steroid dienone is 1. The maximum Gasteiger partial charge on any atom is 0.230 e. The summed E-state index contributed by atoms with van der Waals surface area (Å²) in [7, 11) is 0. The van der Waals surface area contributed by atoms with Gasteiger partial charge in [0.05, 0.1) is 5.41 Å². The standard InChI is InChI=1S/C14H17ClO2/c1-4-7-11-8-5-6-9-12(11)17-10-14(2,3)13(15)16/h4-6,8-9H,1,7,10H2,2-3H3. The lowest BCUT2D eigenvalue weighted by atomic mass is 9.97. The van der Waals surface area contributed by atoms with Crippen molar-refractivity contribution >= 4 is 16.8 Å². The highest BCUT2D eigenvalue weighted by atomic mass is 35.5. The number of halogens is 1. The van der Waals surface area contributed by atoms with Crippen LogP contribution in [0.3, 0.4) is 0 Å². The third-order valence-corrected chi connectivity index (χ3v) is 2.97. The first-order valence-electron chi connectivity index (χ1n) is 5.49. The molecule has 2 nitrogen and oxygen atoms in total. The number of rotatable bonds is 6. The van der Waals surface area contributed by atoms with E-state index in [-0.39, 0.29) is 6.61 Å². The molecule has 0 unspecified atom stereocenters. The van der Waals surface area contributed by atoms with Gasteiger partial charge in [0.15, 0.2) is 0 Å². The van der Waals surface area contributed by atoms with Gasteiger partial charge < -0.3 is 4.74 Å². The normalized spacial score (nSPS) is 11.0. The second kappa shape index (κ2) is 5.87. The SMILES string of the molecule is C=CCc1ccccc1OCC(C)(C)C(=O)Cl. The van der Waals surface area contributed by atoms with E-state index in [2.05, 4.69) is 6.58 Å². The number of hydrogen-bond donors (Lipinski definition) is 0. The number of hydrogen-bond acceptors (Lipinski definition) is 2. The van der Waals surface area contributed by atoms with Crippen LogP contribution in [0.1, 0.15) is 19.4 Å². The first kappa shape index (κ1) is 13.8. The number of carbonyl (C=O) groups excluding carboxylic acids is 1. The summed E-state index contributed by atoms with van der Waals surface area (Å²) in [6.45, 7) is 7.50. The Hall–Kier alpha value is -1.28. The van der Waals surface area contributed by atoms with Gasteiger partial charge in [-0.3, -0.25) is 4.79 Å². The Bertz CT molecular complexity index is 410. The Kier molecular flexibility index (Phi) is 4.76. The van der Waals surface area contributed by atoms with Gasteiger partial charge in [0.1, 0.15) is 12.4 Å². The summed E-state index contributed by atoms with van der Waals surface area (Å²) in [5.41, 5.74) is 0.378.